The van der Waals surface area contributed by atoms with Crippen LogP contribution in [0.3, 0.4) is 0 Å². The van der Waals surface area contributed by atoms with Crippen molar-refractivity contribution in [1.29, 1.82) is 0 Å². The summed E-state index contributed by atoms with van der Waals surface area (Å²) in [6.07, 6.45) is 2.81. The van der Waals surface area contributed by atoms with Gasteiger partial charge in [0.25, 0.3) is 0 Å². The molecule has 0 saturated carbocycles. The van der Waals surface area contributed by atoms with Crippen molar-refractivity contribution in [2.75, 3.05) is 80.7 Å². The van der Waals surface area contributed by atoms with Crippen LogP contribution in [0.1, 0.15) is 34.3 Å². The third kappa shape index (κ3) is 9.72. The molecule has 0 fully saturated rings. The van der Waals surface area contributed by atoms with Gasteiger partial charge in [0.15, 0.2) is 11.5 Å². The number of nitrogens with zero attached hydrogens (tertiary/aromatic N) is 1. The second kappa shape index (κ2) is 17.6. The van der Waals surface area contributed by atoms with Gasteiger partial charge in [-0.25, -0.2) is 4.39 Å². The number of nitrogens with one attached hydrogen (secondary N) is 1. The van der Waals surface area contributed by atoms with Gasteiger partial charge in [0.1, 0.15) is 6.67 Å². The van der Waals surface area contributed by atoms with E-state index in [2.05, 4.69) is 22.3 Å². The van der Waals surface area contributed by atoms with Crippen molar-refractivity contribution >= 4 is 9.18 Å². The molecule has 2 aromatic rings. The number of amides is 1. The van der Waals surface area contributed by atoms with Crippen LogP contribution in [0.2, 0.25) is 0 Å². The standard InChI is InChI=1S/C29H40AtFN2O7/c1-35-25-16-21-6-10-33(20-22(21)17-26(25)36-2)9-5-4-8-32-29(34)24-18-23(30)19-27(37-3)28(24)40-15-14-39-13-12-38-11-7-31/h16-19H,4-15,20H2,1-3H3,(H,32,34)/i30+1. The van der Waals surface area contributed by atoms with Crippen molar-refractivity contribution in [2.24, 2.45) is 0 Å². The number of benzene rings is 2. The minimum absolute atomic E-state index is 0.0681. The molecule has 40 heavy (non-hydrogen) atoms. The number of fused-ring (bicyclic) bond motifs is 1. The van der Waals surface area contributed by atoms with Crippen LogP contribution in [0.25, 0.3) is 0 Å². The molecule has 0 radical (unpaired) electrons. The fraction of sp³-hybridized carbons (Fsp3) is 0.552. The number of carbonyl (C=O) groups excluding carboxylic acids is 1. The van der Waals surface area contributed by atoms with Crippen LogP contribution >= 0.6 is 0 Å². The third-order valence-corrected chi connectivity index (χ3v) is 7.38. The van der Waals surface area contributed by atoms with E-state index >= 15 is 0 Å². The summed E-state index contributed by atoms with van der Waals surface area (Å²) in [5.41, 5.74) is 3.03. The molecule has 1 aliphatic heterocycles. The Morgan fingerprint density at radius 1 is 0.900 bits per heavy atom. The van der Waals surface area contributed by atoms with Gasteiger partial charge in [-0.3, -0.25) is 0 Å². The first-order valence-electron chi connectivity index (χ1n) is 13.5. The fourth-order valence-electron chi connectivity index (χ4n) is 4.51. The zero-order valence-electron chi connectivity index (χ0n) is 23.6. The van der Waals surface area contributed by atoms with Crippen molar-refractivity contribution in [1.82, 2.24) is 10.2 Å². The number of hydrogen-bond donors (Lipinski definition) is 1. The van der Waals surface area contributed by atoms with Crippen LogP contribution in [-0.4, -0.2) is 91.5 Å². The molecule has 1 N–H and O–H groups in total. The van der Waals surface area contributed by atoms with E-state index in [1.807, 2.05) is 12.1 Å². The summed E-state index contributed by atoms with van der Waals surface area (Å²) < 4.78 is 45.8. The Morgan fingerprint density at radius 2 is 1.57 bits per heavy atom. The van der Waals surface area contributed by atoms with Gasteiger partial charge < -0.3 is 9.47 Å². The Bertz CT molecular complexity index is 1090. The van der Waals surface area contributed by atoms with Crippen molar-refractivity contribution in [3.8, 4) is 23.0 Å². The molecule has 0 atom stereocenters. The zero-order valence-corrected chi connectivity index (χ0v) is 26.5. The molecule has 1 aliphatic rings. The number of alkyl halides is 1. The summed E-state index contributed by atoms with van der Waals surface area (Å²) in [7, 11) is 4.88. The van der Waals surface area contributed by atoms with E-state index < -0.39 is 6.67 Å². The maximum absolute atomic E-state index is 13.1. The summed E-state index contributed by atoms with van der Waals surface area (Å²) in [5.74, 6) is 2.25. The normalized spacial score (nSPS) is 13.0. The number of rotatable bonds is 18. The van der Waals surface area contributed by atoms with E-state index in [1.165, 1.54) is 35.8 Å². The number of ether oxygens (including phenoxy) is 6. The molecule has 0 bridgehead atoms. The van der Waals surface area contributed by atoms with Gasteiger partial charge >= 0.3 is 188 Å². The molecule has 1 amide bonds. The number of unbranched alkanes of at least 4 members (excludes halogenated alkanes) is 1. The molecule has 11 heteroatoms. The van der Waals surface area contributed by atoms with E-state index in [-0.39, 0.29) is 19.1 Å². The molecule has 0 spiro atoms. The Balaban J connectivity index is 1.44. The second-order valence-corrected chi connectivity index (χ2v) is 10.9. The first-order valence-corrected chi connectivity index (χ1v) is 14.9. The topological polar surface area (TPSA) is 87.7 Å². The molecule has 1 heterocycles. The van der Waals surface area contributed by atoms with Crippen LogP contribution in [-0.2, 0) is 22.4 Å². The fourth-order valence-corrected chi connectivity index (χ4v) is 5.32. The SMILES string of the molecule is COc1cc2c(cc1OC)CN(CCCCNC(=O)c1cc([211At])cc(OC)c1OCCOCCOCCF)CC2. The van der Waals surface area contributed by atoms with Gasteiger partial charge in [-0.2, -0.15) is 0 Å². The summed E-state index contributed by atoms with van der Waals surface area (Å²) in [5, 5.41) is 3.03. The monoisotopic (exact) mass is 758 g/mol. The molecule has 0 unspecified atom stereocenters. The van der Waals surface area contributed by atoms with Crippen LogP contribution in [0.4, 0.5) is 4.39 Å². The zero-order chi connectivity index (χ0) is 28.7. The Hall–Kier alpha value is -2.20. The Morgan fingerprint density at radius 3 is 2.27 bits per heavy atom. The first-order chi connectivity index (χ1) is 19.5. The predicted molar refractivity (Wildman–Crippen MR) is 146 cm³/mol. The van der Waals surface area contributed by atoms with Crippen molar-refractivity contribution < 1.29 is 62.3 Å². The van der Waals surface area contributed by atoms with Crippen molar-refractivity contribution in [3.63, 3.8) is 0 Å². The van der Waals surface area contributed by atoms with E-state index in [0.29, 0.717) is 43.4 Å². The van der Waals surface area contributed by atoms with Crippen LogP contribution < -0.4 is 27.5 Å². The summed E-state index contributed by atoms with van der Waals surface area (Å²) in [6.45, 7) is 4.16. The molecule has 2 aromatic carbocycles. The molecule has 0 saturated heterocycles. The van der Waals surface area contributed by atoms with Crippen molar-refractivity contribution in [3.05, 3.63) is 41.0 Å². The van der Waals surface area contributed by atoms with Gasteiger partial charge in [0, 0.05) is 0 Å². The average molecular weight is 759 g/mol. The average Bonchev–Trinajstić information content (AvgIpc) is 2.97. The van der Waals surface area contributed by atoms with Crippen LogP contribution in [0, 0.1) is 24.7 Å². The number of hydrogen-bond acceptors (Lipinski definition) is 8. The summed E-state index contributed by atoms with van der Waals surface area (Å²) >= 11 is 1.45. The number of carbonyl (C=O) groups is 1. The van der Waals surface area contributed by atoms with E-state index in [0.717, 1.165) is 53.7 Å². The second-order valence-electron chi connectivity index (χ2n) is 9.21. The summed E-state index contributed by atoms with van der Waals surface area (Å²) in [4.78, 5) is 15.5. The van der Waals surface area contributed by atoms with E-state index in [1.54, 1.807) is 21.3 Å². The number of halogens is 1. The van der Waals surface area contributed by atoms with E-state index in [9.17, 15) is 9.18 Å². The predicted octanol–water partition coefficient (Wildman–Crippen LogP) is 2.84. The van der Waals surface area contributed by atoms with Crippen molar-refractivity contribution in [2.45, 2.75) is 25.8 Å². The molecule has 0 aromatic heterocycles. The molecule has 0 aliphatic carbocycles. The maximum atomic E-state index is 13.1. The molecular weight excluding hydrogens is 718 g/mol. The van der Waals surface area contributed by atoms with Gasteiger partial charge in [0.2, 0.25) is 0 Å². The molecular formula is C29H40AtFN2O7. The van der Waals surface area contributed by atoms with Crippen LogP contribution in [0.15, 0.2) is 24.3 Å². The Kier molecular flexibility index (Phi) is 14.2. The minimum atomic E-state index is -0.512. The van der Waals surface area contributed by atoms with Crippen LogP contribution in [0.5, 0.6) is 23.0 Å². The quantitative estimate of drug-likeness (QED) is 0.233. The number of methoxy groups -OCH3 is 3. The molecule has 222 valence electrons. The van der Waals surface area contributed by atoms with Gasteiger partial charge in [0.05, 0.1) is 14.2 Å². The van der Waals surface area contributed by atoms with Gasteiger partial charge in [-0.15, -0.1) is 0 Å². The summed E-state index contributed by atoms with van der Waals surface area (Å²) in [6, 6.07) is 7.84. The third-order valence-electron chi connectivity index (χ3n) is 6.54. The van der Waals surface area contributed by atoms with Gasteiger partial charge in [-0.1, -0.05) is 0 Å². The van der Waals surface area contributed by atoms with E-state index in [4.69, 9.17) is 28.4 Å². The molecule has 3 rings (SSSR count). The first kappa shape index (κ1) is 32.3. The van der Waals surface area contributed by atoms with Gasteiger partial charge in [-0.05, 0) is 17.7 Å². The Labute approximate surface area is 251 Å². The molecule has 9 nitrogen and oxygen atoms in total.